The Bertz CT molecular complexity index is 828. The molecule has 0 spiro atoms. The molecule has 2 aliphatic rings. The molecule has 1 N–H and O–H groups in total. The van der Waals surface area contributed by atoms with E-state index in [1.807, 2.05) is 43.3 Å². The lowest BCUT2D eigenvalue weighted by Crippen LogP contribution is -2.48. The van der Waals surface area contributed by atoms with Crippen LogP contribution in [0, 0.1) is 6.92 Å². The fraction of sp³-hybridized carbons (Fsp3) is 0.522. The van der Waals surface area contributed by atoms with Gasteiger partial charge in [-0.15, -0.1) is 0 Å². The third-order valence-corrected chi connectivity index (χ3v) is 6.08. The number of carbonyl (C=O) groups excluding carboxylic acids is 1. The summed E-state index contributed by atoms with van der Waals surface area (Å²) in [6, 6.07) is 12.1. The van der Waals surface area contributed by atoms with Crippen molar-refractivity contribution < 1.29 is 9.53 Å². The van der Waals surface area contributed by atoms with E-state index in [0.29, 0.717) is 38.4 Å². The Morgan fingerprint density at radius 2 is 1.83 bits per heavy atom. The van der Waals surface area contributed by atoms with Crippen molar-refractivity contribution in [3.63, 3.8) is 0 Å². The summed E-state index contributed by atoms with van der Waals surface area (Å²) >= 11 is 0. The normalized spacial score (nSPS) is 19.0. The highest BCUT2D eigenvalue weighted by Gasteiger charge is 2.41. The van der Waals surface area contributed by atoms with Crippen molar-refractivity contribution in [1.29, 1.82) is 0 Å². The van der Waals surface area contributed by atoms with E-state index in [1.165, 1.54) is 19.3 Å². The van der Waals surface area contributed by atoms with E-state index in [-0.39, 0.29) is 5.91 Å². The molecule has 154 valence electrons. The van der Waals surface area contributed by atoms with Crippen LogP contribution in [-0.2, 0) is 21.5 Å². The standard InChI is InChI=1S/C23H30N4O2/c1-18-16-21(27-12-6-3-7-13-27)26-20(25-18)17-24-22(28)23(10-14-29-15-11-23)19-8-4-2-5-9-19/h2,4-5,8-9,16H,3,6-7,10-15,17H2,1H3,(H,24,28). The average Bonchev–Trinajstić information content (AvgIpc) is 2.79. The van der Waals surface area contributed by atoms with E-state index in [0.717, 1.165) is 30.2 Å². The molecule has 0 aliphatic carbocycles. The third-order valence-electron chi connectivity index (χ3n) is 6.08. The summed E-state index contributed by atoms with van der Waals surface area (Å²) in [4.78, 5) is 25.0. The summed E-state index contributed by atoms with van der Waals surface area (Å²) in [5, 5.41) is 3.13. The maximum atomic E-state index is 13.3. The highest BCUT2D eigenvalue weighted by Crippen LogP contribution is 2.35. The van der Waals surface area contributed by atoms with Gasteiger partial charge in [0.1, 0.15) is 11.6 Å². The van der Waals surface area contributed by atoms with Crippen LogP contribution in [0.25, 0.3) is 0 Å². The van der Waals surface area contributed by atoms with E-state index in [9.17, 15) is 4.79 Å². The number of aromatic nitrogens is 2. The van der Waals surface area contributed by atoms with Crippen LogP contribution >= 0.6 is 0 Å². The van der Waals surface area contributed by atoms with Crippen LogP contribution in [0.5, 0.6) is 0 Å². The number of nitrogens with one attached hydrogen (secondary N) is 1. The van der Waals surface area contributed by atoms with Gasteiger partial charge in [-0.05, 0) is 44.6 Å². The molecule has 0 atom stereocenters. The summed E-state index contributed by atoms with van der Waals surface area (Å²) in [7, 11) is 0. The van der Waals surface area contributed by atoms with E-state index >= 15 is 0 Å². The molecule has 0 saturated carbocycles. The lowest BCUT2D eigenvalue weighted by Gasteiger charge is -2.36. The lowest BCUT2D eigenvalue weighted by atomic mass is 9.73. The number of nitrogens with zero attached hydrogens (tertiary/aromatic N) is 3. The fourth-order valence-electron chi connectivity index (χ4n) is 4.43. The van der Waals surface area contributed by atoms with Crippen LogP contribution in [0.1, 0.15) is 49.2 Å². The minimum atomic E-state index is -0.543. The van der Waals surface area contributed by atoms with Gasteiger partial charge in [-0.3, -0.25) is 4.79 Å². The zero-order chi connectivity index (χ0) is 20.1. The van der Waals surface area contributed by atoms with Crippen molar-refractivity contribution in [2.45, 2.75) is 51.0 Å². The largest absolute Gasteiger partial charge is 0.381 e. The SMILES string of the molecule is Cc1cc(N2CCCCC2)nc(CNC(=O)C2(c3ccccc3)CCOCC2)n1. The Hall–Kier alpha value is -2.47. The zero-order valence-electron chi connectivity index (χ0n) is 17.2. The minimum absolute atomic E-state index is 0.0385. The molecule has 4 rings (SSSR count). The molecule has 0 bridgehead atoms. The van der Waals surface area contributed by atoms with Gasteiger partial charge in [-0.2, -0.15) is 0 Å². The number of ether oxygens (including phenoxy) is 1. The molecule has 29 heavy (non-hydrogen) atoms. The Kier molecular flexibility index (Phi) is 6.09. The van der Waals surface area contributed by atoms with Crippen molar-refractivity contribution >= 4 is 11.7 Å². The molecule has 0 radical (unpaired) electrons. The second kappa shape index (κ2) is 8.91. The number of hydrogen-bond acceptors (Lipinski definition) is 5. The van der Waals surface area contributed by atoms with Crippen LogP contribution < -0.4 is 10.2 Å². The maximum Gasteiger partial charge on any atom is 0.231 e. The molecular formula is C23H30N4O2. The fourth-order valence-corrected chi connectivity index (χ4v) is 4.43. The smallest absolute Gasteiger partial charge is 0.231 e. The molecule has 6 nitrogen and oxygen atoms in total. The molecule has 1 amide bonds. The summed E-state index contributed by atoms with van der Waals surface area (Å²) in [6.45, 7) is 5.62. The summed E-state index contributed by atoms with van der Waals surface area (Å²) < 4.78 is 5.55. The van der Waals surface area contributed by atoms with Gasteiger partial charge in [-0.1, -0.05) is 30.3 Å². The van der Waals surface area contributed by atoms with Crippen molar-refractivity contribution in [3.8, 4) is 0 Å². The lowest BCUT2D eigenvalue weighted by molar-refractivity contribution is -0.130. The van der Waals surface area contributed by atoms with Crippen LogP contribution in [0.3, 0.4) is 0 Å². The molecule has 0 unspecified atom stereocenters. The number of aryl methyl sites for hydroxylation is 1. The summed E-state index contributed by atoms with van der Waals surface area (Å²) in [5.74, 6) is 1.69. The predicted octanol–water partition coefficient (Wildman–Crippen LogP) is 3.14. The molecule has 1 aromatic heterocycles. The third kappa shape index (κ3) is 4.42. The first-order chi connectivity index (χ1) is 14.2. The highest BCUT2D eigenvalue weighted by atomic mass is 16.5. The second-order valence-corrected chi connectivity index (χ2v) is 8.07. The summed E-state index contributed by atoms with van der Waals surface area (Å²) in [5.41, 5.74) is 1.45. The number of benzene rings is 1. The Morgan fingerprint density at radius 1 is 1.10 bits per heavy atom. The molecule has 6 heteroatoms. The number of piperidine rings is 1. The first kappa shape index (κ1) is 19.8. The van der Waals surface area contributed by atoms with Gasteiger partial charge < -0.3 is 15.0 Å². The number of hydrogen-bond donors (Lipinski definition) is 1. The van der Waals surface area contributed by atoms with Crippen molar-refractivity contribution in [3.05, 3.63) is 53.5 Å². The van der Waals surface area contributed by atoms with Crippen molar-refractivity contribution in [2.24, 2.45) is 0 Å². The Morgan fingerprint density at radius 3 is 2.55 bits per heavy atom. The molecule has 2 saturated heterocycles. The van der Waals surface area contributed by atoms with E-state index in [2.05, 4.69) is 15.2 Å². The van der Waals surface area contributed by atoms with Gasteiger partial charge >= 0.3 is 0 Å². The van der Waals surface area contributed by atoms with Crippen molar-refractivity contribution in [1.82, 2.24) is 15.3 Å². The molecule has 2 aliphatic heterocycles. The number of amides is 1. The van der Waals surface area contributed by atoms with Gasteiger partial charge in [0.05, 0.1) is 12.0 Å². The molecule has 2 aromatic rings. The minimum Gasteiger partial charge on any atom is -0.381 e. The Labute approximate surface area is 172 Å². The zero-order valence-corrected chi connectivity index (χ0v) is 17.2. The molecule has 3 heterocycles. The van der Waals surface area contributed by atoms with Gasteiger partial charge in [0, 0.05) is 38.1 Å². The number of anilines is 1. The molecule has 1 aromatic carbocycles. The van der Waals surface area contributed by atoms with Crippen molar-refractivity contribution in [2.75, 3.05) is 31.2 Å². The first-order valence-electron chi connectivity index (χ1n) is 10.7. The quantitative estimate of drug-likeness (QED) is 0.844. The van der Waals surface area contributed by atoms with Gasteiger partial charge in [0.15, 0.2) is 0 Å². The number of carbonyl (C=O) groups is 1. The van der Waals surface area contributed by atoms with E-state index in [4.69, 9.17) is 9.72 Å². The number of rotatable bonds is 5. The Balaban J connectivity index is 1.50. The first-order valence-corrected chi connectivity index (χ1v) is 10.7. The molecule has 2 fully saturated rings. The van der Waals surface area contributed by atoms with Crippen LogP contribution in [0.2, 0.25) is 0 Å². The topological polar surface area (TPSA) is 67.4 Å². The molecular weight excluding hydrogens is 364 g/mol. The monoisotopic (exact) mass is 394 g/mol. The van der Waals surface area contributed by atoms with E-state index < -0.39 is 5.41 Å². The highest BCUT2D eigenvalue weighted by molar-refractivity contribution is 5.88. The van der Waals surface area contributed by atoms with Crippen LogP contribution in [0.4, 0.5) is 5.82 Å². The van der Waals surface area contributed by atoms with Gasteiger partial charge in [0.25, 0.3) is 0 Å². The second-order valence-electron chi connectivity index (χ2n) is 8.07. The predicted molar refractivity (Wildman–Crippen MR) is 113 cm³/mol. The summed E-state index contributed by atoms with van der Waals surface area (Å²) in [6.07, 6.45) is 5.08. The maximum absolute atomic E-state index is 13.3. The van der Waals surface area contributed by atoms with Crippen LogP contribution in [0.15, 0.2) is 36.4 Å². The van der Waals surface area contributed by atoms with Gasteiger partial charge in [-0.25, -0.2) is 9.97 Å². The average molecular weight is 395 g/mol. The van der Waals surface area contributed by atoms with Gasteiger partial charge in [0.2, 0.25) is 5.91 Å². The van der Waals surface area contributed by atoms with Crippen LogP contribution in [-0.4, -0.2) is 42.2 Å². The van der Waals surface area contributed by atoms with E-state index in [1.54, 1.807) is 0 Å².